The van der Waals surface area contributed by atoms with Crippen LogP contribution >= 0.6 is 0 Å². The molecule has 0 atom stereocenters. The van der Waals surface area contributed by atoms with Gasteiger partial charge in [0.25, 0.3) is 0 Å². The van der Waals surface area contributed by atoms with Gasteiger partial charge in [-0.25, -0.2) is 0 Å². The van der Waals surface area contributed by atoms with Gasteiger partial charge in [0.15, 0.2) is 0 Å². The Morgan fingerprint density at radius 1 is 0.895 bits per heavy atom. The number of rotatable bonds is 1. The second-order valence-electron chi connectivity index (χ2n) is 4.00. The first-order valence-electron chi connectivity index (χ1n) is 5.47. The Balaban J connectivity index is 0.00000133. The molecule has 0 saturated carbocycles. The molecule has 2 aromatic carbocycles. The quantitative estimate of drug-likeness (QED) is 0.520. The van der Waals surface area contributed by atoms with Crippen molar-refractivity contribution in [2.45, 2.75) is 6.42 Å². The molecule has 0 radical (unpaired) electrons. The number of hydrogen-bond acceptors (Lipinski definition) is 2. The summed E-state index contributed by atoms with van der Waals surface area (Å²) >= 11 is -1.76. The van der Waals surface area contributed by atoms with Crippen molar-refractivity contribution in [1.29, 1.82) is 0 Å². The van der Waals surface area contributed by atoms with E-state index in [2.05, 4.69) is 12.1 Å². The third kappa shape index (κ3) is 2.19. The van der Waals surface area contributed by atoms with Crippen molar-refractivity contribution in [2.75, 3.05) is 0 Å². The fourth-order valence-electron chi connectivity index (χ4n) is 2.37. The van der Waals surface area contributed by atoms with Crippen molar-refractivity contribution >= 4 is 14.0 Å². The average molecular weight is 313 g/mol. The van der Waals surface area contributed by atoms with Crippen molar-refractivity contribution in [1.82, 2.24) is 0 Å². The van der Waals surface area contributed by atoms with Crippen molar-refractivity contribution in [3.05, 3.63) is 53.6 Å². The summed E-state index contributed by atoms with van der Waals surface area (Å²) in [6, 6.07) is 13.9. The predicted molar refractivity (Wildman–Crippen MR) is 65.7 cm³/mol. The van der Waals surface area contributed by atoms with Crippen LogP contribution < -0.4 is 16.9 Å². The van der Waals surface area contributed by atoms with E-state index in [1.54, 1.807) is 0 Å². The molecule has 0 heterocycles. The van der Waals surface area contributed by atoms with Crippen molar-refractivity contribution in [3.63, 3.8) is 0 Å². The Kier molecular flexibility index (Phi) is 4.07. The molecule has 2 nitrogen and oxygen atoms in total. The number of halogens is 1. The first kappa shape index (κ1) is 13.8. The fraction of sp³-hybridized carbons (Fsp3) is 0.0667. The third-order valence-electron chi connectivity index (χ3n) is 3.12. The molecule has 0 bridgehead atoms. The summed E-state index contributed by atoms with van der Waals surface area (Å²) in [5, 5.41) is 0. The fourth-order valence-corrected chi connectivity index (χ4v) is 3.53. The monoisotopic (exact) mass is 312 g/mol. The average Bonchev–Trinajstić information content (AvgIpc) is 2.80. The van der Waals surface area contributed by atoms with Crippen LogP contribution in [0.15, 0.2) is 42.5 Å². The molecular formula is C15H9ClFeO2. The maximum atomic E-state index is 10.9. The van der Waals surface area contributed by atoms with Crippen LogP contribution in [0.5, 0.6) is 0 Å². The van der Waals surface area contributed by atoms with Crippen LogP contribution in [0, 0.1) is 0 Å². The van der Waals surface area contributed by atoms with Crippen LogP contribution in [0.4, 0.5) is 0 Å². The van der Waals surface area contributed by atoms with Crippen molar-refractivity contribution in [3.8, 4) is 11.1 Å². The van der Waals surface area contributed by atoms with Gasteiger partial charge in [0, 0.05) is 0 Å². The van der Waals surface area contributed by atoms with E-state index in [9.17, 15) is 9.59 Å². The molecule has 0 fully saturated rings. The molecule has 4 heteroatoms. The molecular weight excluding hydrogens is 303 g/mol. The molecule has 0 N–H and O–H groups in total. The normalized spacial score (nSPS) is 11.0. The van der Waals surface area contributed by atoms with Crippen LogP contribution in [0.3, 0.4) is 0 Å². The van der Waals surface area contributed by atoms with Crippen LogP contribution in [0.25, 0.3) is 11.1 Å². The van der Waals surface area contributed by atoms with E-state index in [0.717, 1.165) is 22.0 Å². The van der Waals surface area contributed by atoms with Gasteiger partial charge in [-0.1, -0.05) is 0 Å². The molecule has 19 heavy (non-hydrogen) atoms. The van der Waals surface area contributed by atoms with Gasteiger partial charge in [0.05, 0.1) is 0 Å². The molecule has 2 aromatic rings. The van der Waals surface area contributed by atoms with Crippen LogP contribution in [0.2, 0.25) is 0 Å². The summed E-state index contributed by atoms with van der Waals surface area (Å²) in [7, 11) is 0. The SMILES string of the molecule is O=[C]=[Fe+](=[C]=O)[c]1cccc2c1Cc1ccccc1-2.[Cl-]. The molecule has 0 unspecified atom stereocenters. The molecule has 0 spiro atoms. The van der Waals surface area contributed by atoms with E-state index in [1.807, 2.05) is 39.9 Å². The van der Waals surface area contributed by atoms with Gasteiger partial charge in [0.2, 0.25) is 0 Å². The molecule has 96 valence electrons. The Hall–Kier alpha value is -1.59. The van der Waals surface area contributed by atoms with E-state index >= 15 is 0 Å². The molecule has 0 saturated heterocycles. The van der Waals surface area contributed by atoms with Crippen LogP contribution in [-0.2, 0) is 29.0 Å². The van der Waals surface area contributed by atoms with E-state index in [4.69, 9.17) is 0 Å². The summed E-state index contributed by atoms with van der Waals surface area (Å²) in [6.45, 7) is 0. The summed E-state index contributed by atoms with van der Waals surface area (Å²) in [4.78, 5) is 25.4. The maximum Gasteiger partial charge on any atom is -1.00 e. The van der Waals surface area contributed by atoms with Gasteiger partial charge < -0.3 is 12.4 Å². The van der Waals surface area contributed by atoms with Gasteiger partial charge in [-0.15, -0.1) is 0 Å². The standard InChI is InChI=1S/C13H9.2CO.ClH.Fe/c1-3-7-12-10(5-1)9-11-6-2-4-8-13(11)12;2*1-2;;/h1-5,7-8H,9H2;;;1H;/q;;;;+1/p-1. The maximum absolute atomic E-state index is 10.9. The minimum Gasteiger partial charge on any atom is -1.00 e. The Bertz CT molecular complexity index is 762. The van der Waals surface area contributed by atoms with E-state index in [-0.39, 0.29) is 12.4 Å². The van der Waals surface area contributed by atoms with E-state index in [1.165, 1.54) is 11.1 Å². The minimum atomic E-state index is -1.76. The second-order valence-corrected chi connectivity index (χ2v) is 5.87. The molecule has 0 amide bonds. The van der Waals surface area contributed by atoms with E-state index in [0.29, 0.717) is 0 Å². The minimum absolute atomic E-state index is 0. The summed E-state index contributed by atoms with van der Waals surface area (Å²) in [6.07, 6.45) is 0.786. The number of fused-ring (bicyclic) bond motifs is 3. The smallest absolute Gasteiger partial charge is 1.00 e. The van der Waals surface area contributed by atoms with Gasteiger partial charge in [-0.05, 0) is 0 Å². The molecule has 1 aliphatic carbocycles. The zero-order chi connectivity index (χ0) is 12.5. The number of carbonyl (C=O) groups excluding carboxylic acids is 2. The summed E-state index contributed by atoms with van der Waals surface area (Å²) in [5.74, 6) is 0. The van der Waals surface area contributed by atoms with Crippen LogP contribution in [-0.4, -0.2) is 9.57 Å². The molecule has 0 aromatic heterocycles. The molecule has 0 aliphatic heterocycles. The predicted octanol–water partition coefficient (Wildman–Crippen LogP) is -1.36. The van der Waals surface area contributed by atoms with Crippen LogP contribution in [0.1, 0.15) is 11.1 Å². The van der Waals surface area contributed by atoms with E-state index < -0.39 is 13.0 Å². The Labute approximate surface area is 120 Å². The molecule has 1 aliphatic rings. The summed E-state index contributed by atoms with van der Waals surface area (Å²) < 4.78 is 0.814. The third-order valence-corrected chi connectivity index (χ3v) is 4.68. The molecule has 3 rings (SSSR count). The summed E-state index contributed by atoms with van der Waals surface area (Å²) in [5.41, 5.74) is 4.66. The number of benzene rings is 2. The first-order valence-corrected chi connectivity index (χ1v) is 7.12. The zero-order valence-electron chi connectivity index (χ0n) is 9.80. The van der Waals surface area contributed by atoms with Gasteiger partial charge in [-0.2, -0.15) is 0 Å². The largest absolute Gasteiger partial charge is 1.00 e. The Morgan fingerprint density at radius 2 is 1.58 bits per heavy atom. The topological polar surface area (TPSA) is 34.1 Å². The van der Waals surface area contributed by atoms with Gasteiger partial charge >= 0.3 is 108 Å². The zero-order valence-corrected chi connectivity index (χ0v) is 11.7. The first-order chi connectivity index (χ1) is 8.85. The second kappa shape index (κ2) is 5.59. The van der Waals surface area contributed by atoms with Crippen molar-refractivity contribution in [2.24, 2.45) is 0 Å². The Morgan fingerprint density at radius 3 is 2.32 bits per heavy atom. The van der Waals surface area contributed by atoms with Gasteiger partial charge in [0.1, 0.15) is 0 Å². The number of hydrogen-bond donors (Lipinski definition) is 0. The van der Waals surface area contributed by atoms with Gasteiger partial charge in [-0.3, -0.25) is 0 Å². The van der Waals surface area contributed by atoms with Crippen molar-refractivity contribution < 1.29 is 35.0 Å².